The molecule has 28 heavy (non-hydrogen) atoms. The summed E-state index contributed by atoms with van der Waals surface area (Å²) < 4.78 is 15.9. The topological polar surface area (TPSA) is 112 Å². The monoisotopic (exact) mass is 397 g/mol. The molecule has 0 aliphatic carbocycles. The number of carbonyl (C=O) groups is 2. The lowest BCUT2D eigenvalue weighted by Gasteiger charge is -2.08. The van der Waals surface area contributed by atoms with Crippen molar-refractivity contribution in [1.29, 1.82) is 0 Å². The lowest BCUT2D eigenvalue weighted by Crippen LogP contribution is -2.28. The van der Waals surface area contributed by atoms with Crippen LogP contribution in [0.25, 0.3) is 0 Å². The maximum Gasteiger partial charge on any atom is 0.251 e. The van der Waals surface area contributed by atoms with Crippen LogP contribution in [0, 0.1) is 6.92 Å². The zero-order valence-electron chi connectivity index (χ0n) is 17.3. The maximum atomic E-state index is 11.9. The normalized spacial score (nSPS) is 10.0. The van der Waals surface area contributed by atoms with Gasteiger partial charge in [0.15, 0.2) is 0 Å². The summed E-state index contributed by atoms with van der Waals surface area (Å²) in [4.78, 5) is 23.2. The van der Waals surface area contributed by atoms with Gasteiger partial charge in [-0.15, -0.1) is 0 Å². The Morgan fingerprint density at radius 2 is 1.57 bits per heavy atom. The van der Waals surface area contributed by atoms with E-state index in [1.807, 2.05) is 32.0 Å². The molecular formula is C20H35N3O5. The standard InChI is InChI=1S/C19H30N2O5.CH5N/c1-3-7-20-18(22)15-26-13-12-25-11-10-24-9-8-21-19(23)17-6-4-5-16(2)14-17;1-2/h4-6,14H,3,7-13,15H2,1-2H3,(H,20,22)(H,21,23);2H2,1H3. The fourth-order valence-corrected chi connectivity index (χ4v) is 2.05. The Morgan fingerprint density at radius 1 is 0.929 bits per heavy atom. The zero-order chi connectivity index (χ0) is 21.0. The first-order valence-electron chi connectivity index (χ1n) is 9.56. The van der Waals surface area contributed by atoms with Crippen molar-refractivity contribution < 1.29 is 23.8 Å². The molecule has 0 aromatic heterocycles. The summed E-state index contributed by atoms with van der Waals surface area (Å²) in [7, 11) is 1.50. The molecule has 0 radical (unpaired) electrons. The second-order valence-corrected chi connectivity index (χ2v) is 5.75. The lowest BCUT2D eigenvalue weighted by molar-refractivity contribution is -0.126. The van der Waals surface area contributed by atoms with Crippen molar-refractivity contribution in [1.82, 2.24) is 10.6 Å². The molecule has 1 aromatic rings. The molecule has 0 spiro atoms. The smallest absolute Gasteiger partial charge is 0.251 e. The second kappa shape index (κ2) is 18.4. The number of carbonyl (C=O) groups excluding carboxylic acids is 2. The average Bonchev–Trinajstić information content (AvgIpc) is 2.71. The SMILES string of the molecule is CCCNC(=O)COCCOCCOCCNC(=O)c1cccc(C)c1.CN. The summed E-state index contributed by atoms with van der Waals surface area (Å²) >= 11 is 0. The maximum absolute atomic E-state index is 11.9. The molecule has 1 aromatic carbocycles. The van der Waals surface area contributed by atoms with Gasteiger partial charge in [-0.05, 0) is 32.5 Å². The molecule has 0 saturated carbocycles. The van der Waals surface area contributed by atoms with Crippen molar-refractivity contribution in [3.8, 4) is 0 Å². The predicted molar refractivity (Wildman–Crippen MR) is 109 cm³/mol. The number of rotatable bonds is 14. The molecule has 160 valence electrons. The van der Waals surface area contributed by atoms with E-state index >= 15 is 0 Å². The Labute approximate surface area is 168 Å². The van der Waals surface area contributed by atoms with Crippen LogP contribution in [0.2, 0.25) is 0 Å². The molecular weight excluding hydrogens is 362 g/mol. The Kier molecular flexibility index (Phi) is 17.1. The summed E-state index contributed by atoms with van der Waals surface area (Å²) in [6, 6.07) is 7.44. The van der Waals surface area contributed by atoms with Gasteiger partial charge in [0.25, 0.3) is 5.91 Å². The van der Waals surface area contributed by atoms with E-state index in [1.165, 1.54) is 7.05 Å². The van der Waals surface area contributed by atoms with E-state index in [0.717, 1.165) is 12.0 Å². The summed E-state index contributed by atoms with van der Waals surface area (Å²) in [5.41, 5.74) is 6.20. The van der Waals surface area contributed by atoms with Crippen LogP contribution in [0.15, 0.2) is 24.3 Å². The summed E-state index contributed by atoms with van der Waals surface area (Å²) in [6.07, 6.45) is 0.907. The average molecular weight is 398 g/mol. The van der Waals surface area contributed by atoms with Gasteiger partial charge in [0.2, 0.25) is 5.91 Å². The van der Waals surface area contributed by atoms with Crippen LogP contribution in [-0.4, -0.2) is 71.6 Å². The molecule has 4 N–H and O–H groups in total. The molecule has 8 nitrogen and oxygen atoms in total. The minimum absolute atomic E-state index is 0.0560. The highest BCUT2D eigenvalue weighted by Gasteiger charge is 2.04. The first kappa shape index (κ1) is 26.0. The quantitative estimate of drug-likeness (QED) is 0.402. The Bertz CT molecular complexity index is 540. The molecule has 1 rings (SSSR count). The number of benzene rings is 1. The Balaban J connectivity index is 0.00000352. The van der Waals surface area contributed by atoms with Gasteiger partial charge >= 0.3 is 0 Å². The zero-order valence-corrected chi connectivity index (χ0v) is 17.3. The van der Waals surface area contributed by atoms with E-state index in [9.17, 15) is 9.59 Å². The second-order valence-electron chi connectivity index (χ2n) is 5.75. The largest absolute Gasteiger partial charge is 0.377 e. The van der Waals surface area contributed by atoms with Crippen LogP contribution in [0.3, 0.4) is 0 Å². The third kappa shape index (κ3) is 14.1. The van der Waals surface area contributed by atoms with Gasteiger partial charge < -0.3 is 30.6 Å². The van der Waals surface area contributed by atoms with Crippen molar-refractivity contribution in [3.63, 3.8) is 0 Å². The van der Waals surface area contributed by atoms with E-state index in [-0.39, 0.29) is 18.4 Å². The van der Waals surface area contributed by atoms with Crippen molar-refractivity contribution in [2.75, 3.05) is 59.8 Å². The highest BCUT2D eigenvalue weighted by atomic mass is 16.5. The molecule has 8 heteroatoms. The van der Waals surface area contributed by atoms with Crippen LogP contribution in [0.1, 0.15) is 29.3 Å². The lowest BCUT2D eigenvalue weighted by atomic mass is 10.1. The van der Waals surface area contributed by atoms with Gasteiger partial charge in [-0.1, -0.05) is 24.6 Å². The molecule has 0 fully saturated rings. The molecule has 0 aliphatic heterocycles. The van der Waals surface area contributed by atoms with Crippen LogP contribution < -0.4 is 16.4 Å². The van der Waals surface area contributed by atoms with Crippen LogP contribution in [0.5, 0.6) is 0 Å². The van der Waals surface area contributed by atoms with E-state index in [2.05, 4.69) is 16.4 Å². The summed E-state index contributed by atoms with van der Waals surface area (Å²) in [6.45, 7) is 7.20. The fraction of sp³-hybridized carbons (Fsp3) is 0.600. The number of aryl methyl sites for hydroxylation is 1. The summed E-state index contributed by atoms with van der Waals surface area (Å²) in [5, 5.41) is 5.54. The molecule has 0 atom stereocenters. The van der Waals surface area contributed by atoms with Crippen molar-refractivity contribution >= 4 is 11.8 Å². The number of hydrogen-bond acceptors (Lipinski definition) is 6. The third-order valence-corrected chi connectivity index (χ3v) is 3.36. The molecule has 0 bridgehead atoms. The minimum atomic E-state index is -0.108. The van der Waals surface area contributed by atoms with Crippen LogP contribution in [0.4, 0.5) is 0 Å². The van der Waals surface area contributed by atoms with Crippen molar-refractivity contribution in [2.24, 2.45) is 5.73 Å². The van der Waals surface area contributed by atoms with Gasteiger partial charge in [0.1, 0.15) is 6.61 Å². The van der Waals surface area contributed by atoms with Gasteiger partial charge in [0.05, 0.1) is 33.0 Å². The van der Waals surface area contributed by atoms with Gasteiger partial charge in [-0.2, -0.15) is 0 Å². The Hall–Kier alpha value is -2.00. The molecule has 0 heterocycles. The van der Waals surface area contributed by atoms with E-state index in [4.69, 9.17) is 14.2 Å². The number of amides is 2. The summed E-state index contributed by atoms with van der Waals surface area (Å²) in [5.74, 6) is -0.212. The first-order chi connectivity index (χ1) is 13.6. The van der Waals surface area contributed by atoms with Crippen molar-refractivity contribution in [3.05, 3.63) is 35.4 Å². The number of nitrogens with one attached hydrogen (secondary N) is 2. The van der Waals surface area contributed by atoms with E-state index < -0.39 is 0 Å². The van der Waals surface area contributed by atoms with Crippen LogP contribution >= 0.6 is 0 Å². The fourth-order valence-electron chi connectivity index (χ4n) is 2.05. The van der Waals surface area contributed by atoms with Gasteiger partial charge in [-0.3, -0.25) is 9.59 Å². The van der Waals surface area contributed by atoms with Crippen molar-refractivity contribution in [2.45, 2.75) is 20.3 Å². The number of hydrogen-bond donors (Lipinski definition) is 3. The number of ether oxygens (including phenoxy) is 3. The predicted octanol–water partition coefficient (Wildman–Crippen LogP) is 0.876. The first-order valence-corrected chi connectivity index (χ1v) is 9.56. The molecule has 2 amide bonds. The highest BCUT2D eigenvalue weighted by molar-refractivity contribution is 5.94. The Morgan fingerprint density at radius 3 is 2.21 bits per heavy atom. The molecule has 0 aliphatic rings. The van der Waals surface area contributed by atoms with Gasteiger partial charge in [-0.25, -0.2) is 0 Å². The minimum Gasteiger partial charge on any atom is -0.377 e. The number of nitrogens with two attached hydrogens (primary N) is 1. The molecule has 0 saturated heterocycles. The highest BCUT2D eigenvalue weighted by Crippen LogP contribution is 2.03. The van der Waals surface area contributed by atoms with Gasteiger partial charge in [0, 0.05) is 18.7 Å². The van der Waals surface area contributed by atoms with E-state index in [1.54, 1.807) is 6.07 Å². The molecule has 0 unspecified atom stereocenters. The van der Waals surface area contributed by atoms with E-state index in [0.29, 0.717) is 51.7 Å². The van der Waals surface area contributed by atoms with Crippen LogP contribution in [-0.2, 0) is 19.0 Å². The third-order valence-electron chi connectivity index (χ3n) is 3.36.